The zero-order valence-corrected chi connectivity index (χ0v) is 17.2. The third-order valence-electron chi connectivity index (χ3n) is 8.14. The van der Waals surface area contributed by atoms with Crippen molar-refractivity contribution < 1.29 is 9.18 Å². The number of rotatable bonds is 4. The van der Waals surface area contributed by atoms with Crippen molar-refractivity contribution in [2.75, 3.05) is 0 Å². The Morgan fingerprint density at radius 3 is 2.66 bits per heavy atom. The predicted molar refractivity (Wildman–Crippen MR) is 113 cm³/mol. The Labute approximate surface area is 172 Å². The minimum Gasteiger partial charge on any atom is -0.353 e. The van der Waals surface area contributed by atoms with Gasteiger partial charge in [-0.05, 0) is 98.4 Å². The summed E-state index contributed by atoms with van der Waals surface area (Å²) in [7, 11) is 0. The van der Waals surface area contributed by atoms with Crippen LogP contribution in [0.15, 0.2) is 30.5 Å². The summed E-state index contributed by atoms with van der Waals surface area (Å²) in [5.74, 6) is 2.62. The smallest absolute Gasteiger partial charge is 0.223 e. The summed E-state index contributed by atoms with van der Waals surface area (Å²) in [6.07, 6.45) is 11.3. The van der Waals surface area contributed by atoms with Crippen molar-refractivity contribution >= 4 is 16.8 Å². The standard InChI is InChI=1S/C25H31FN2O/c1-15(25(29)28-24-13-16-2-3-19(24)12-16)17-4-6-18(7-5-17)21-10-11-27-23-9-8-20(26)14-22(21)23/h8-11,14-19,24H,2-7,12-13H2,1H3,(H,28,29)/t15?,16?,17-,18+,19?,24-/m0/s1. The Kier molecular flexibility index (Phi) is 5.05. The Balaban J connectivity index is 1.21. The van der Waals surface area contributed by atoms with E-state index in [0.29, 0.717) is 17.9 Å². The lowest BCUT2D eigenvalue weighted by Gasteiger charge is -2.33. The molecule has 3 aliphatic carbocycles. The number of pyridine rings is 1. The van der Waals surface area contributed by atoms with Gasteiger partial charge in [0.2, 0.25) is 5.91 Å². The monoisotopic (exact) mass is 394 g/mol. The number of aromatic nitrogens is 1. The first-order valence-corrected chi connectivity index (χ1v) is 11.4. The Bertz CT molecular complexity index is 905. The van der Waals surface area contributed by atoms with E-state index in [-0.39, 0.29) is 17.6 Å². The summed E-state index contributed by atoms with van der Waals surface area (Å²) < 4.78 is 13.8. The number of nitrogens with one attached hydrogen (secondary N) is 1. The van der Waals surface area contributed by atoms with Crippen LogP contribution in [0.1, 0.15) is 69.8 Å². The van der Waals surface area contributed by atoms with Crippen LogP contribution < -0.4 is 5.32 Å². The van der Waals surface area contributed by atoms with Gasteiger partial charge in [-0.3, -0.25) is 9.78 Å². The molecule has 4 heteroatoms. The highest BCUT2D eigenvalue weighted by molar-refractivity contribution is 5.82. The highest BCUT2D eigenvalue weighted by Gasteiger charge is 2.41. The fraction of sp³-hybridized carbons (Fsp3) is 0.600. The van der Waals surface area contributed by atoms with E-state index in [4.69, 9.17) is 0 Å². The molecule has 1 amide bonds. The number of carbonyl (C=O) groups excluding carboxylic acids is 1. The molecule has 1 heterocycles. The predicted octanol–water partition coefficient (Wildman–Crippen LogP) is 5.59. The zero-order valence-electron chi connectivity index (χ0n) is 17.2. The molecule has 5 rings (SSSR count). The molecule has 0 radical (unpaired) electrons. The van der Waals surface area contributed by atoms with E-state index in [1.54, 1.807) is 12.1 Å². The normalized spacial score (nSPS) is 32.4. The molecule has 2 bridgehead atoms. The molecule has 3 nitrogen and oxygen atoms in total. The van der Waals surface area contributed by atoms with Crippen LogP contribution in [0.25, 0.3) is 10.9 Å². The van der Waals surface area contributed by atoms with Crippen LogP contribution in [0.5, 0.6) is 0 Å². The second-order valence-corrected chi connectivity index (χ2v) is 9.75. The van der Waals surface area contributed by atoms with E-state index in [1.807, 2.05) is 6.20 Å². The maximum Gasteiger partial charge on any atom is 0.223 e. The fourth-order valence-corrected chi connectivity index (χ4v) is 6.38. The Morgan fingerprint density at radius 1 is 1.10 bits per heavy atom. The van der Waals surface area contributed by atoms with Gasteiger partial charge in [0.15, 0.2) is 0 Å². The van der Waals surface area contributed by atoms with Crippen LogP contribution in [0.4, 0.5) is 4.39 Å². The number of hydrogen-bond donors (Lipinski definition) is 1. The van der Waals surface area contributed by atoms with E-state index >= 15 is 0 Å². The van der Waals surface area contributed by atoms with Gasteiger partial charge in [-0.2, -0.15) is 0 Å². The first kappa shape index (κ1) is 19.0. The molecule has 3 unspecified atom stereocenters. The van der Waals surface area contributed by atoms with Gasteiger partial charge in [-0.25, -0.2) is 4.39 Å². The molecule has 0 aliphatic heterocycles. The molecule has 4 atom stereocenters. The van der Waals surface area contributed by atoms with Gasteiger partial charge < -0.3 is 5.32 Å². The molecule has 0 saturated heterocycles. The zero-order chi connectivity index (χ0) is 20.0. The summed E-state index contributed by atoms with van der Waals surface area (Å²) >= 11 is 0. The maximum absolute atomic E-state index is 13.8. The second kappa shape index (κ2) is 7.70. The van der Waals surface area contributed by atoms with E-state index in [0.717, 1.165) is 48.4 Å². The number of benzene rings is 1. The van der Waals surface area contributed by atoms with Gasteiger partial charge >= 0.3 is 0 Å². The number of halogens is 1. The van der Waals surface area contributed by atoms with Crippen molar-refractivity contribution in [3.8, 4) is 0 Å². The van der Waals surface area contributed by atoms with Gasteiger partial charge in [0.05, 0.1) is 5.52 Å². The highest BCUT2D eigenvalue weighted by atomic mass is 19.1. The van der Waals surface area contributed by atoms with Crippen LogP contribution >= 0.6 is 0 Å². The van der Waals surface area contributed by atoms with Crippen LogP contribution in [0.2, 0.25) is 0 Å². The summed E-state index contributed by atoms with van der Waals surface area (Å²) in [6.45, 7) is 2.12. The van der Waals surface area contributed by atoms with E-state index in [2.05, 4.69) is 23.3 Å². The summed E-state index contributed by atoms with van der Waals surface area (Å²) in [5, 5.41) is 4.33. The van der Waals surface area contributed by atoms with Crippen molar-refractivity contribution in [2.45, 2.75) is 70.3 Å². The van der Waals surface area contributed by atoms with Gasteiger partial charge in [0.25, 0.3) is 0 Å². The van der Waals surface area contributed by atoms with Crippen molar-refractivity contribution in [1.82, 2.24) is 10.3 Å². The molecule has 1 aromatic carbocycles. The van der Waals surface area contributed by atoms with Crippen LogP contribution in [-0.4, -0.2) is 16.9 Å². The van der Waals surface area contributed by atoms with Crippen LogP contribution in [0.3, 0.4) is 0 Å². The van der Waals surface area contributed by atoms with Crippen LogP contribution in [-0.2, 0) is 4.79 Å². The lowest BCUT2D eigenvalue weighted by Crippen LogP contribution is -2.43. The SMILES string of the molecule is CC(C(=O)N[C@H]1CC2CCC1C2)[C@H]1CC[C@@H](c2ccnc3ccc(F)cc32)CC1. The quantitative estimate of drug-likeness (QED) is 0.735. The summed E-state index contributed by atoms with van der Waals surface area (Å²) in [6, 6.07) is 7.35. The minimum atomic E-state index is -0.202. The molecule has 3 fully saturated rings. The number of amides is 1. The van der Waals surface area contributed by atoms with Gasteiger partial charge in [0.1, 0.15) is 5.82 Å². The van der Waals surface area contributed by atoms with Gasteiger partial charge in [0, 0.05) is 23.5 Å². The summed E-state index contributed by atoms with van der Waals surface area (Å²) in [4.78, 5) is 17.3. The molecule has 0 spiro atoms. The first-order valence-electron chi connectivity index (χ1n) is 11.4. The highest BCUT2D eigenvalue weighted by Crippen LogP contribution is 2.45. The van der Waals surface area contributed by atoms with E-state index in [9.17, 15) is 9.18 Å². The van der Waals surface area contributed by atoms with E-state index < -0.39 is 0 Å². The average molecular weight is 395 g/mol. The molecular formula is C25H31FN2O. The Morgan fingerprint density at radius 2 is 1.93 bits per heavy atom. The van der Waals surface area contributed by atoms with Crippen molar-refractivity contribution in [3.05, 3.63) is 41.8 Å². The molecule has 29 heavy (non-hydrogen) atoms. The molecule has 3 saturated carbocycles. The van der Waals surface area contributed by atoms with Crippen molar-refractivity contribution in [2.24, 2.45) is 23.7 Å². The van der Waals surface area contributed by atoms with Crippen molar-refractivity contribution in [1.29, 1.82) is 0 Å². The third-order valence-corrected chi connectivity index (χ3v) is 8.14. The molecule has 154 valence electrons. The topological polar surface area (TPSA) is 42.0 Å². The van der Waals surface area contributed by atoms with Gasteiger partial charge in [-0.15, -0.1) is 0 Å². The minimum absolute atomic E-state index is 0.0849. The summed E-state index contributed by atoms with van der Waals surface area (Å²) in [5.41, 5.74) is 2.08. The second-order valence-electron chi connectivity index (χ2n) is 9.75. The Hall–Kier alpha value is -1.97. The van der Waals surface area contributed by atoms with E-state index in [1.165, 1.54) is 37.3 Å². The molecule has 2 aromatic rings. The first-order chi connectivity index (χ1) is 14.1. The number of fused-ring (bicyclic) bond motifs is 3. The van der Waals surface area contributed by atoms with Gasteiger partial charge in [-0.1, -0.05) is 13.3 Å². The third kappa shape index (κ3) is 3.67. The average Bonchev–Trinajstić information content (AvgIpc) is 3.36. The largest absolute Gasteiger partial charge is 0.353 e. The number of hydrogen-bond acceptors (Lipinski definition) is 2. The van der Waals surface area contributed by atoms with Crippen LogP contribution in [0, 0.1) is 29.5 Å². The molecule has 1 aromatic heterocycles. The molecule has 1 N–H and O–H groups in total. The maximum atomic E-state index is 13.8. The van der Waals surface area contributed by atoms with Crippen molar-refractivity contribution in [3.63, 3.8) is 0 Å². The lowest BCUT2D eigenvalue weighted by atomic mass is 9.73. The lowest BCUT2D eigenvalue weighted by molar-refractivity contribution is -0.127. The molecular weight excluding hydrogens is 363 g/mol. The number of nitrogens with zero attached hydrogens (tertiary/aromatic N) is 1. The number of carbonyl (C=O) groups is 1. The fourth-order valence-electron chi connectivity index (χ4n) is 6.38. The molecule has 3 aliphatic rings.